The van der Waals surface area contributed by atoms with Crippen LogP contribution in [0.2, 0.25) is 5.02 Å². The Labute approximate surface area is 129 Å². The maximum Gasteiger partial charge on any atom is 0.245 e. The molecule has 1 saturated carbocycles. The van der Waals surface area contributed by atoms with Crippen molar-refractivity contribution in [1.29, 1.82) is 0 Å². The first-order chi connectivity index (χ1) is 9.82. The van der Waals surface area contributed by atoms with Crippen LogP contribution in [0.4, 0.5) is 5.69 Å². The van der Waals surface area contributed by atoms with Gasteiger partial charge in [0.25, 0.3) is 0 Å². The first-order valence-electron chi connectivity index (χ1n) is 6.67. The van der Waals surface area contributed by atoms with Crippen LogP contribution in [0.1, 0.15) is 25.7 Å². The lowest BCUT2D eigenvalue weighted by Gasteiger charge is -2.27. The van der Waals surface area contributed by atoms with E-state index in [2.05, 4.69) is 0 Å². The monoisotopic (exact) mass is 331 g/mol. The fourth-order valence-corrected chi connectivity index (χ4v) is 4.57. The number of primary amides is 1. The van der Waals surface area contributed by atoms with Gasteiger partial charge in [0.05, 0.1) is 12.2 Å². The molecule has 21 heavy (non-hydrogen) atoms. The standard InChI is InChI=1S/C13H18ClN3O3S/c14-9-5-6-12(11(15)7-9)21(19,20)17(8-13(16)18)10-3-1-2-4-10/h5-7,10H,1-4,8,15H2,(H2,16,18). The van der Waals surface area contributed by atoms with Gasteiger partial charge >= 0.3 is 0 Å². The fraction of sp³-hybridized carbons (Fsp3) is 0.462. The van der Waals surface area contributed by atoms with Crippen molar-refractivity contribution in [2.75, 3.05) is 12.3 Å². The van der Waals surface area contributed by atoms with Crippen LogP contribution in [0.25, 0.3) is 0 Å². The highest BCUT2D eigenvalue weighted by atomic mass is 35.5. The number of carbonyl (C=O) groups excluding carboxylic acids is 1. The lowest BCUT2D eigenvalue weighted by molar-refractivity contribution is -0.118. The quantitative estimate of drug-likeness (QED) is 0.794. The van der Waals surface area contributed by atoms with Crippen molar-refractivity contribution in [3.8, 4) is 0 Å². The second-order valence-electron chi connectivity index (χ2n) is 5.14. The Bertz CT molecular complexity index is 642. The molecule has 0 aliphatic heterocycles. The molecule has 4 N–H and O–H groups in total. The van der Waals surface area contributed by atoms with E-state index in [-0.39, 0.29) is 23.2 Å². The largest absolute Gasteiger partial charge is 0.398 e. The molecule has 116 valence electrons. The van der Waals surface area contributed by atoms with Gasteiger partial charge in [-0.25, -0.2) is 8.42 Å². The minimum absolute atomic E-state index is 0.0416. The number of nitrogens with two attached hydrogens (primary N) is 2. The number of nitrogens with zero attached hydrogens (tertiary/aromatic N) is 1. The number of anilines is 1. The van der Waals surface area contributed by atoms with Crippen LogP contribution in [0.15, 0.2) is 23.1 Å². The summed E-state index contributed by atoms with van der Waals surface area (Å²) in [5.74, 6) is -0.682. The van der Waals surface area contributed by atoms with E-state index < -0.39 is 15.9 Å². The Morgan fingerprint density at radius 1 is 1.33 bits per heavy atom. The van der Waals surface area contributed by atoms with Gasteiger partial charge in [-0.05, 0) is 31.0 Å². The normalized spacial score (nSPS) is 16.5. The third kappa shape index (κ3) is 3.48. The minimum Gasteiger partial charge on any atom is -0.398 e. The van der Waals surface area contributed by atoms with E-state index in [1.54, 1.807) is 0 Å². The maximum atomic E-state index is 12.8. The summed E-state index contributed by atoms with van der Waals surface area (Å²) in [7, 11) is -3.88. The Hall–Kier alpha value is -1.31. The van der Waals surface area contributed by atoms with Crippen molar-refractivity contribution in [2.45, 2.75) is 36.6 Å². The molecular weight excluding hydrogens is 314 g/mol. The van der Waals surface area contributed by atoms with Crippen molar-refractivity contribution in [3.63, 3.8) is 0 Å². The lowest BCUT2D eigenvalue weighted by atomic mass is 10.2. The molecule has 6 nitrogen and oxygen atoms in total. The van der Waals surface area contributed by atoms with Gasteiger partial charge in [0.1, 0.15) is 4.90 Å². The van der Waals surface area contributed by atoms with Crippen LogP contribution in [-0.4, -0.2) is 31.2 Å². The molecule has 2 rings (SSSR count). The molecular formula is C13H18ClN3O3S. The van der Waals surface area contributed by atoms with E-state index in [0.717, 1.165) is 25.7 Å². The molecule has 0 atom stereocenters. The highest BCUT2D eigenvalue weighted by molar-refractivity contribution is 7.89. The van der Waals surface area contributed by atoms with Crippen LogP contribution in [0.3, 0.4) is 0 Å². The number of sulfonamides is 1. The van der Waals surface area contributed by atoms with Gasteiger partial charge in [-0.2, -0.15) is 4.31 Å². The Morgan fingerprint density at radius 2 is 1.95 bits per heavy atom. The minimum atomic E-state index is -3.88. The summed E-state index contributed by atoms with van der Waals surface area (Å²) in [6.07, 6.45) is 3.32. The van der Waals surface area contributed by atoms with E-state index in [1.807, 2.05) is 0 Å². The number of amides is 1. The summed E-state index contributed by atoms with van der Waals surface area (Å²) in [5, 5.41) is 0.355. The molecule has 0 spiro atoms. The summed E-state index contributed by atoms with van der Waals surface area (Å²) >= 11 is 5.80. The number of nitrogen functional groups attached to an aromatic ring is 1. The van der Waals surface area contributed by atoms with Crippen molar-refractivity contribution in [2.24, 2.45) is 5.73 Å². The van der Waals surface area contributed by atoms with Gasteiger partial charge < -0.3 is 11.5 Å². The van der Waals surface area contributed by atoms with Crippen molar-refractivity contribution in [1.82, 2.24) is 4.31 Å². The Morgan fingerprint density at radius 3 is 2.48 bits per heavy atom. The number of rotatable bonds is 5. The smallest absolute Gasteiger partial charge is 0.245 e. The molecule has 0 saturated heterocycles. The zero-order chi connectivity index (χ0) is 15.6. The molecule has 0 aromatic heterocycles. The molecule has 1 aromatic rings. The van der Waals surface area contributed by atoms with Crippen LogP contribution < -0.4 is 11.5 Å². The fourth-order valence-electron chi connectivity index (χ4n) is 2.64. The molecule has 0 radical (unpaired) electrons. The van der Waals surface area contributed by atoms with Crippen molar-refractivity contribution < 1.29 is 13.2 Å². The average Bonchev–Trinajstić information content (AvgIpc) is 2.88. The molecule has 1 aliphatic rings. The second kappa shape index (κ2) is 6.21. The van der Waals surface area contributed by atoms with Crippen LogP contribution in [0, 0.1) is 0 Å². The molecule has 8 heteroatoms. The van der Waals surface area contributed by atoms with E-state index >= 15 is 0 Å². The highest BCUT2D eigenvalue weighted by Crippen LogP contribution is 2.31. The van der Waals surface area contributed by atoms with Gasteiger partial charge in [0.2, 0.25) is 15.9 Å². The van der Waals surface area contributed by atoms with E-state index in [9.17, 15) is 13.2 Å². The van der Waals surface area contributed by atoms with Gasteiger partial charge in [-0.3, -0.25) is 4.79 Å². The number of benzene rings is 1. The first-order valence-corrected chi connectivity index (χ1v) is 8.49. The molecule has 1 amide bonds. The van der Waals surface area contributed by atoms with E-state index in [0.29, 0.717) is 5.02 Å². The maximum absolute atomic E-state index is 12.8. The molecule has 1 fully saturated rings. The Kier molecular flexibility index (Phi) is 4.75. The lowest BCUT2D eigenvalue weighted by Crippen LogP contribution is -2.44. The third-order valence-corrected chi connectivity index (χ3v) is 5.81. The van der Waals surface area contributed by atoms with E-state index in [1.165, 1.54) is 22.5 Å². The average molecular weight is 332 g/mol. The molecule has 0 unspecified atom stereocenters. The molecule has 0 bridgehead atoms. The van der Waals surface area contributed by atoms with Crippen LogP contribution in [0.5, 0.6) is 0 Å². The third-order valence-electron chi connectivity index (χ3n) is 3.60. The van der Waals surface area contributed by atoms with Gasteiger partial charge in [-0.1, -0.05) is 24.4 Å². The Balaban J connectivity index is 2.43. The van der Waals surface area contributed by atoms with Gasteiger partial charge in [-0.15, -0.1) is 0 Å². The summed E-state index contributed by atoms with van der Waals surface area (Å²) in [6, 6.07) is 3.99. The summed E-state index contributed by atoms with van der Waals surface area (Å²) in [5.41, 5.74) is 11.0. The molecule has 1 aliphatic carbocycles. The molecule has 1 aromatic carbocycles. The zero-order valence-electron chi connectivity index (χ0n) is 11.5. The van der Waals surface area contributed by atoms with E-state index in [4.69, 9.17) is 23.1 Å². The predicted octanol–water partition coefficient (Wildman–Crippen LogP) is 1.34. The summed E-state index contributed by atoms with van der Waals surface area (Å²) in [6.45, 7) is -0.338. The molecule has 0 heterocycles. The van der Waals surface area contributed by atoms with Crippen LogP contribution >= 0.6 is 11.6 Å². The van der Waals surface area contributed by atoms with Gasteiger partial charge in [0.15, 0.2) is 0 Å². The highest BCUT2D eigenvalue weighted by Gasteiger charge is 2.35. The first kappa shape index (κ1) is 16.1. The summed E-state index contributed by atoms with van der Waals surface area (Å²) < 4.78 is 26.7. The van der Waals surface area contributed by atoms with Crippen molar-refractivity contribution >= 4 is 33.2 Å². The summed E-state index contributed by atoms with van der Waals surface area (Å²) in [4.78, 5) is 11.2. The number of hydrogen-bond acceptors (Lipinski definition) is 4. The van der Waals surface area contributed by atoms with Gasteiger partial charge in [0, 0.05) is 11.1 Å². The van der Waals surface area contributed by atoms with Crippen molar-refractivity contribution in [3.05, 3.63) is 23.2 Å². The number of hydrogen-bond donors (Lipinski definition) is 2. The predicted molar refractivity (Wildman–Crippen MR) is 81.2 cm³/mol. The van der Waals surface area contributed by atoms with Crippen LogP contribution in [-0.2, 0) is 14.8 Å². The second-order valence-corrected chi connectivity index (χ2v) is 7.43. The zero-order valence-corrected chi connectivity index (χ0v) is 13.0. The SMILES string of the molecule is NC(=O)CN(C1CCCC1)S(=O)(=O)c1ccc(Cl)cc1N. The number of carbonyl (C=O) groups is 1. The topological polar surface area (TPSA) is 106 Å². The number of halogens is 1.